The van der Waals surface area contributed by atoms with E-state index in [1.807, 2.05) is 12.1 Å². The summed E-state index contributed by atoms with van der Waals surface area (Å²) in [5.41, 5.74) is 1.95. The van der Waals surface area contributed by atoms with Gasteiger partial charge in [0.25, 0.3) is 0 Å². The fourth-order valence-electron chi connectivity index (χ4n) is 3.21. The van der Waals surface area contributed by atoms with Gasteiger partial charge in [0.15, 0.2) is 0 Å². The van der Waals surface area contributed by atoms with Crippen LogP contribution >= 0.6 is 23.2 Å². The van der Waals surface area contributed by atoms with Gasteiger partial charge in [-0.3, -0.25) is 9.59 Å². The van der Waals surface area contributed by atoms with Gasteiger partial charge in [-0.25, -0.2) is 4.68 Å². The van der Waals surface area contributed by atoms with E-state index in [1.54, 1.807) is 36.5 Å². The molecule has 0 aliphatic carbocycles. The highest BCUT2D eigenvalue weighted by atomic mass is 35.5. The van der Waals surface area contributed by atoms with Gasteiger partial charge in [0.05, 0.1) is 25.4 Å². The number of amides is 2. The maximum Gasteiger partial charge on any atom is 0.249 e. The van der Waals surface area contributed by atoms with E-state index in [2.05, 4.69) is 15.7 Å². The minimum Gasteiger partial charge on any atom is -0.495 e. The van der Waals surface area contributed by atoms with Crippen molar-refractivity contribution in [2.75, 3.05) is 17.7 Å². The number of nitrogens with zero attached hydrogens (tertiary/aromatic N) is 2. The second-order valence-corrected chi connectivity index (χ2v) is 7.33. The summed E-state index contributed by atoms with van der Waals surface area (Å²) in [6.45, 7) is 0. The van der Waals surface area contributed by atoms with Crippen LogP contribution in [0.5, 0.6) is 5.75 Å². The van der Waals surface area contributed by atoms with E-state index in [0.717, 1.165) is 5.56 Å². The summed E-state index contributed by atoms with van der Waals surface area (Å²) >= 11 is 12.0. The van der Waals surface area contributed by atoms with E-state index in [4.69, 9.17) is 27.9 Å². The van der Waals surface area contributed by atoms with Crippen molar-refractivity contribution in [3.05, 3.63) is 58.7 Å². The monoisotopic (exact) mass is 430 g/mol. The molecule has 0 spiro atoms. The van der Waals surface area contributed by atoms with Crippen LogP contribution in [-0.2, 0) is 9.59 Å². The van der Waals surface area contributed by atoms with Crippen LogP contribution in [0.1, 0.15) is 12.5 Å². The number of fused-ring (bicyclic) bond motifs is 1. The zero-order valence-corrected chi connectivity index (χ0v) is 16.8. The first-order valence-electron chi connectivity index (χ1n) is 8.74. The first-order valence-corrected chi connectivity index (χ1v) is 9.49. The molecule has 29 heavy (non-hydrogen) atoms. The zero-order chi connectivity index (χ0) is 20.5. The molecule has 4 rings (SSSR count). The lowest BCUT2D eigenvalue weighted by Crippen LogP contribution is -2.35. The predicted octanol–water partition coefficient (Wildman–Crippen LogP) is 4.39. The quantitative estimate of drug-likeness (QED) is 0.642. The number of carbonyl (C=O) groups excluding carboxylic acids is 2. The van der Waals surface area contributed by atoms with Crippen LogP contribution in [0.2, 0.25) is 10.0 Å². The number of rotatable bonds is 4. The maximum absolute atomic E-state index is 13.0. The highest BCUT2D eigenvalue weighted by Gasteiger charge is 2.33. The Bertz CT molecular complexity index is 1100. The normalized spacial score (nSPS) is 15.4. The van der Waals surface area contributed by atoms with Gasteiger partial charge in [-0.2, -0.15) is 5.10 Å². The Morgan fingerprint density at radius 1 is 1.21 bits per heavy atom. The van der Waals surface area contributed by atoms with Gasteiger partial charge in [-0.1, -0.05) is 35.3 Å². The lowest BCUT2D eigenvalue weighted by molar-refractivity contribution is -0.125. The van der Waals surface area contributed by atoms with Crippen molar-refractivity contribution in [3.8, 4) is 16.9 Å². The predicted molar refractivity (Wildman–Crippen MR) is 112 cm³/mol. The molecule has 0 saturated heterocycles. The van der Waals surface area contributed by atoms with Gasteiger partial charge in [0, 0.05) is 15.6 Å². The molecular weight excluding hydrogens is 415 g/mol. The largest absolute Gasteiger partial charge is 0.495 e. The number of benzene rings is 2. The molecule has 0 fully saturated rings. The highest BCUT2D eigenvalue weighted by Crippen LogP contribution is 2.35. The SMILES string of the molecule is COc1ccc(Cl)cc1NC(=O)C1CC(=O)Nc2c(-c3ccc(Cl)cc3)cnn21. The van der Waals surface area contributed by atoms with Gasteiger partial charge in [0.2, 0.25) is 11.8 Å². The Labute approximate surface area is 176 Å². The molecule has 0 radical (unpaired) electrons. The molecule has 2 N–H and O–H groups in total. The molecule has 7 nitrogen and oxygen atoms in total. The molecule has 1 atom stereocenters. The lowest BCUT2D eigenvalue weighted by Gasteiger charge is -2.25. The first kappa shape index (κ1) is 19.3. The minimum atomic E-state index is -0.816. The second-order valence-electron chi connectivity index (χ2n) is 6.46. The van der Waals surface area contributed by atoms with Crippen molar-refractivity contribution in [1.29, 1.82) is 0 Å². The smallest absolute Gasteiger partial charge is 0.249 e. The molecule has 0 bridgehead atoms. The molecule has 9 heteroatoms. The lowest BCUT2D eigenvalue weighted by atomic mass is 10.1. The Balaban J connectivity index is 1.67. The standard InChI is InChI=1S/C20H16Cl2N4O3/c1-29-17-7-6-13(22)8-15(17)24-20(28)16-9-18(27)25-19-14(10-23-26(16)19)11-2-4-12(21)5-3-11/h2-8,10,16H,9H2,1H3,(H,24,28)(H,25,27). The molecule has 3 aromatic rings. The van der Waals surface area contributed by atoms with E-state index in [1.165, 1.54) is 11.8 Å². The number of halogens is 2. The van der Waals surface area contributed by atoms with Crippen molar-refractivity contribution in [1.82, 2.24) is 9.78 Å². The maximum atomic E-state index is 13.0. The topological polar surface area (TPSA) is 85.2 Å². The van der Waals surface area contributed by atoms with Crippen LogP contribution in [0.4, 0.5) is 11.5 Å². The molecule has 1 aliphatic heterocycles. The third-order valence-corrected chi connectivity index (χ3v) is 5.09. The van der Waals surface area contributed by atoms with Crippen LogP contribution in [0.15, 0.2) is 48.7 Å². The van der Waals surface area contributed by atoms with Crippen molar-refractivity contribution in [3.63, 3.8) is 0 Å². The van der Waals surface area contributed by atoms with Gasteiger partial charge >= 0.3 is 0 Å². The minimum absolute atomic E-state index is 0.0382. The van der Waals surface area contributed by atoms with Crippen LogP contribution in [0, 0.1) is 0 Å². The van der Waals surface area contributed by atoms with Gasteiger partial charge < -0.3 is 15.4 Å². The average molecular weight is 431 g/mol. The number of carbonyl (C=O) groups is 2. The van der Waals surface area contributed by atoms with Crippen molar-refractivity contribution in [2.24, 2.45) is 0 Å². The van der Waals surface area contributed by atoms with E-state index >= 15 is 0 Å². The zero-order valence-electron chi connectivity index (χ0n) is 15.3. The van der Waals surface area contributed by atoms with Crippen LogP contribution in [-0.4, -0.2) is 28.7 Å². The Kier molecular flexibility index (Phi) is 5.17. The number of ether oxygens (including phenoxy) is 1. The summed E-state index contributed by atoms with van der Waals surface area (Å²) in [4.78, 5) is 25.3. The fraction of sp³-hybridized carbons (Fsp3) is 0.150. The van der Waals surface area contributed by atoms with E-state index < -0.39 is 11.9 Å². The molecule has 2 heterocycles. The summed E-state index contributed by atoms with van der Waals surface area (Å²) in [6.07, 6.45) is 1.58. The fourth-order valence-corrected chi connectivity index (χ4v) is 3.50. The van der Waals surface area contributed by atoms with E-state index in [0.29, 0.717) is 32.9 Å². The first-order chi connectivity index (χ1) is 14.0. The number of hydrogen-bond acceptors (Lipinski definition) is 4. The van der Waals surface area contributed by atoms with Crippen LogP contribution < -0.4 is 15.4 Å². The molecule has 1 unspecified atom stereocenters. The third-order valence-electron chi connectivity index (χ3n) is 4.60. The highest BCUT2D eigenvalue weighted by molar-refractivity contribution is 6.31. The number of anilines is 2. The summed E-state index contributed by atoms with van der Waals surface area (Å²) in [5, 5.41) is 11.0. The Morgan fingerprint density at radius 3 is 2.66 bits per heavy atom. The molecule has 0 saturated carbocycles. The summed E-state index contributed by atoms with van der Waals surface area (Å²) in [6, 6.07) is 11.2. The van der Waals surface area contributed by atoms with Gasteiger partial charge in [-0.05, 0) is 35.9 Å². The summed E-state index contributed by atoms with van der Waals surface area (Å²) in [5.74, 6) is 0.256. The molecule has 1 aliphatic rings. The van der Waals surface area contributed by atoms with Crippen molar-refractivity contribution < 1.29 is 14.3 Å². The Hall–Kier alpha value is -3.03. The molecule has 2 amide bonds. The number of methoxy groups -OCH3 is 1. The average Bonchev–Trinajstić information content (AvgIpc) is 3.11. The number of aromatic nitrogens is 2. The summed E-state index contributed by atoms with van der Waals surface area (Å²) in [7, 11) is 1.50. The van der Waals surface area contributed by atoms with Gasteiger partial charge in [-0.15, -0.1) is 0 Å². The van der Waals surface area contributed by atoms with Gasteiger partial charge in [0.1, 0.15) is 17.6 Å². The van der Waals surface area contributed by atoms with Crippen molar-refractivity contribution >= 4 is 46.5 Å². The molecule has 148 valence electrons. The third kappa shape index (κ3) is 3.79. The van der Waals surface area contributed by atoms with Crippen LogP contribution in [0.3, 0.4) is 0 Å². The molecule has 2 aromatic carbocycles. The molecule has 1 aromatic heterocycles. The number of hydrogen-bond donors (Lipinski definition) is 2. The summed E-state index contributed by atoms with van der Waals surface area (Å²) < 4.78 is 6.78. The second kappa shape index (κ2) is 7.77. The Morgan fingerprint density at radius 2 is 1.93 bits per heavy atom. The van der Waals surface area contributed by atoms with E-state index in [9.17, 15) is 9.59 Å². The number of nitrogens with one attached hydrogen (secondary N) is 2. The van der Waals surface area contributed by atoms with Crippen LogP contribution in [0.25, 0.3) is 11.1 Å². The van der Waals surface area contributed by atoms with E-state index in [-0.39, 0.29) is 12.3 Å². The van der Waals surface area contributed by atoms with Crippen molar-refractivity contribution in [2.45, 2.75) is 12.5 Å². The molecular formula is C20H16Cl2N4O3.